The Balaban J connectivity index is 2.66. The monoisotopic (exact) mass is 168 g/mol. The van der Waals surface area contributed by atoms with Crippen molar-refractivity contribution in [2.45, 2.75) is 11.3 Å². The molecule has 0 aliphatic carbocycles. The highest BCUT2D eigenvalue weighted by molar-refractivity contribution is 7.98. The fourth-order valence-corrected chi connectivity index (χ4v) is 1.33. The van der Waals surface area contributed by atoms with Gasteiger partial charge in [0.25, 0.3) is 0 Å². The second-order valence-electron chi connectivity index (χ2n) is 2.32. The highest BCUT2D eigenvalue weighted by atomic mass is 32.2. The first-order valence-electron chi connectivity index (χ1n) is 3.60. The average molecular weight is 168 g/mol. The number of thioether (sulfide) groups is 1. The lowest BCUT2D eigenvalue weighted by molar-refractivity contribution is 0.299. The third kappa shape index (κ3) is 2.56. The summed E-state index contributed by atoms with van der Waals surface area (Å²) < 4.78 is 0. The van der Waals surface area contributed by atoms with Crippen molar-refractivity contribution in [3.63, 3.8) is 0 Å². The number of hydrogen-bond acceptors (Lipinski definition) is 2. The van der Waals surface area contributed by atoms with Gasteiger partial charge < -0.3 is 5.11 Å². The molecular weight excluding hydrogens is 156 g/mol. The van der Waals surface area contributed by atoms with Crippen LogP contribution in [0.3, 0.4) is 0 Å². The van der Waals surface area contributed by atoms with Crippen molar-refractivity contribution < 1.29 is 5.11 Å². The van der Waals surface area contributed by atoms with Gasteiger partial charge >= 0.3 is 0 Å². The Bertz CT molecular complexity index is 205. The lowest BCUT2D eigenvalue weighted by Crippen LogP contribution is -1.89. The lowest BCUT2D eigenvalue weighted by Gasteiger charge is -1.98. The highest BCUT2D eigenvalue weighted by Gasteiger charge is 1.91. The van der Waals surface area contributed by atoms with Gasteiger partial charge in [0, 0.05) is 11.5 Å². The predicted octanol–water partition coefficient (Wildman–Crippen LogP) is 1.94. The van der Waals surface area contributed by atoms with Crippen molar-refractivity contribution in [1.29, 1.82) is 0 Å². The molecule has 0 heterocycles. The van der Waals surface area contributed by atoms with Gasteiger partial charge in [-0.15, -0.1) is 11.8 Å². The highest BCUT2D eigenvalue weighted by Crippen LogP contribution is 2.14. The number of aliphatic hydroxyl groups is 1. The molecule has 1 aromatic rings. The van der Waals surface area contributed by atoms with Gasteiger partial charge in [-0.25, -0.2) is 0 Å². The molecular formula is C9H12OS. The van der Waals surface area contributed by atoms with Crippen molar-refractivity contribution in [3.05, 3.63) is 29.8 Å². The lowest BCUT2D eigenvalue weighted by atomic mass is 10.2. The van der Waals surface area contributed by atoms with Crippen molar-refractivity contribution in [3.8, 4) is 0 Å². The Morgan fingerprint density at radius 3 is 2.36 bits per heavy atom. The van der Waals surface area contributed by atoms with Gasteiger partial charge in [-0.3, -0.25) is 0 Å². The maximum atomic E-state index is 8.64. The molecule has 0 radical (unpaired) electrons. The normalized spacial score (nSPS) is 10.0. The SMILES string of the molecule is CSc1ccc(CCO)cc1. The minimum Gasteiger partial charge on any atom is -0.396 e. The number of rotatable bonds is 3. The smallest absolute Gasteiger partial charge is 0.0471 e. The van der Waals surface area contributed by atoms with E-state index >= 15 is 0 Å². The van der Waals surface area contributed by atoms with Gasteiger partial charge in [0.2, 0.25) is 0 Å². The minimum absolute atomic E-state index is 0.235. The molecule has 1 N–H and O–H groups in total. The Kier molecular flexibility index (Phi) is 3.46. The zero-order chi connectivity index (χ0) is 8.10. The molecule has 1 rings (SSSR count). The van der Waals surface area contributed by atoms with Crippen LogP contribution in [0.15, 0.2) is 29.2 Å². The summed E-state index contributed by atoms with van der Waals surface area (Å²) in [6.07, 6.45) is 2.82. The predicted molar refractivity (Wildman–Crippen MR) is 49.0 cm³/mol. The summed E-state index contributed by atoms with van der Waals surface area (Å²) in [6, 6.07) is 8.27. The van der Waals surface area contributed by atoms with Crippen molar-refractivity contribution >= 4 is 11.8 Å². The van der Waals surface area contributed by atoms with Crippen molar-refractivity contribution in [2.24, 2.45) is 0 Å². The van der Waals surface area contributed by atoms with E-state index in [0.29, 0.717) is 0 Å². The third-order valence-corrected chi connectivity index (χ3v) is 2.30. The van der Waals surface area contributed by atoms with Crippen LogP contribution in [0.25, 0.3) is 0 Å². The van der Waals surface area contributed by atoms with E-state index in [1.807, 2.05) is 0 Å². The fourth-order valence-electron chi connectivity index (χ4n) is 0.921. The van der Waals surface area contributed by atoms with Crippen LogP contribution in [0.1, 0.15) is 5.56 Å². The van der Waals surface area contributed by atoms with E-state index in [9.17, 15) is 0 Å². The second-order valence-corrected chi connectivity index (χ2v) is 3.20. The van der Waals surface area contributed by atoms with E-state index < -0.39 is 0 Å². The molecule has 1 aromatic carbocycles. The van der Waals surface area contributed by atoms with Gasteiger partial charge in [-0.1, -0.05) is 12.1 Å². The van der Waals surface area contributed by atoms with Crippen LogP contribution >= 0.6 is 11.8 Å². The zero-order valence-corrected chi connectivity index (χ0v) is 7.40. The molecule has 0 aromatic heterocycles. The summed E-state index contributed by atoms with van der Waals surface area (Å²) in [7, 11) is 0. The number of benzene rings is 1. The van der Waals surface area contributed by atoms with E-state index in [0.717, 1.165) is 6.42 Å². The molecule has 1 nitrogen and oxygen atoms in total. The van der Waals surface area contributed by atoms with Crippen LogP contribution in [0.4, 0.5) is 0 Å². The van der Waals surface area contributed by atoms with E-state index in [-0.39, 0.29) is 6.61 Å². The van der Waals surface area contributed by atoms with E-state index in [1.165, 1.54) is 10.5 Å². The molecule has 0 amide bonds. The van der Waals surface area contributed by atoms with Crippen molar-refractivity contribution in [2.75, 3.05) is 12.9 Å². The summed E-state index contributed by atoms with van der Waals surface area (Å²) >= 11 is 1.73. The molecule has 0 spiro atoms. The summed E-state index contributed by atoms with van der Waals surface area (Å²) in [4.78, 5) is 1.27. The topological polar surface area (TPSA) is 20.2 Å². The Morgan fingerprint density at radius 1 is 1.27 bits per heavy atom. The van der Waals surface area contributed by atoms with Gasteiger partial charge in [0.15, 0.2) is 0 Å². The Labute approximate surface area is 71.4 Å². The van der Waals surface area contributed by atoms with Crippen LogP contribution < -0.4 is 0 Å². The van der Waals surface area contributed by atoms with Crippen LogP contribution in [0, 0.1) is 0 Å². The largest absolute Gasteiger partial charge is 0.396 e. The average Bonchev–Trinajstić information content (AvgIpc) is 2.07. The second kappa shape index (κ2) is 4.42. The molecule has 11 heavy (non-hydrogen) atoms. The van der Waals surface area contributed by atoms with Crippen LogP contribution in [0.2, 0.25) is 0 Å². The summed E-state index contributed by atoms with van der Waals surface area (Å²) in [5, 5.41) is 8.64. The van der Waals surface area contributed by atoms with Gasteiger partial charge in [0.1, 0.15) is 0 Å². The first kappa shape index (κ1) is 8.62. The van der Waals surface area contributed by atoms with Gasteiger partial charge in [0.05, 0.1) is 0 Å². The maximum Gasteiger partial charge on any atom is 0.0471 e. The van der Waals surface area contributed by atoms with Crippen molar-refractivity contribution in [1.82, 2.24) is 0 Å². The summed E-state index contributed by atoms with van der Waals surface area (Å²) in [6.45, 7) is 0.235. The first-order valence-corrected chi connectivity index (χ1v) is 4.83. The Hall–Kier alpha value is -0.470. The molecule has 0 saturated heterocycles. The molecule has 0 aliphatic rings. The van der Waals surface area contributed by atoms with Crippen LogP contribution in [-0.2, 0) is 6.42 Å². The first-order chi connectivity index (χ1) is 5.36. The van der Waals surface area contributed by atoms with Crippen LogP contribution in [0.5, 0.6) is 0 Å². The van der Waals surface area contributed by atoms with Gasteiger partial charge in [-0.05, 0) is 30.4 Å². The molecule has 2 heteroatoms. The van der Waals surface area contributed by atoms with E-state index in [1.54, 1.807) is 11.8 Å². The fraction of sp³-hybridized carbons (Fsp3) is 0.333. The van der Waals surface area contributed by atoms with E-state index in [4.69, 9.17) is 5.11 Å². The minimum atomic E-state index is 0.235. The number of aliphatic hydroxyl groups excluding tert-OH is 1. The third-order valence-electron chi connectivity index (χ3n) is 1.56. The molecule has 0 fully saturated rings. The molecule has 0 atom stereocenters. The Morgan fingerprint density at radius 2 is 1.91 bits per heavy atom. The molecule has 0 aliphatic heterocycles. The number of hydrogen-bond donors (Lipinski definition) is 1. The standard InChI is InChI=1S/C9H12OS/c1-11-9-4-2-8(3-5-9)6-7-10/h2-5,10H,6-7H2,1H3. The zero-order valence-electron chi connectivity index (χ0n) is 6.58. The quantitative estimate of drug-likeness (QED) is 0.696. The molecule has 0 bridgehead atoms. The summed E-state index contributed by atoms with van der Waals surface area (Å²) in [5.74, 6) is 0. The maximum absolute atomic E-state index is 8.64. The van der Waals surface area contributed by atoms with E-state index in [2.05, 4.69) is 30.5 Å². The molecule has 60 valence electrons. The molecule has 0 unspecified atom stereocenters. The summed E-state index contributed by atoms with van der Waals surface area (Å²) in [5.41, 5.74) is 1.20. The van der Waals surface area contributed by atoms with Crippen LogP contribution in [-0.4, -0.2) is 18.0 Å². The molecule has 0 saturated carbocycles. The van der Waals surface area contributed by atoms with Gasteiger partial charge in [-0.2, -0.15) is 0 Å².